The minimum atomic E-state index is 0.460. The molecule has 0 aliphatic heterocycles. The summed E-state index contributed by atoms with van der Waals surface area (Å²) in [6, 6.07) is 11.6. The van der Waals surface area contributed by atoms with Crippen LogP contribution in [0.5, 0.6) is 11.6 Å². The molecule has 0 amide bonds. The first kappa shape index (κ1) is 13.8. The lowest BCUT2D eigenvalue weighted by atomic mass is 10.1. The van der Waals surface area contributed by atoms with Gasteiger partial charge in [-0.2, -0.15) is 0 Å². The van der Waals surface area contributed by atoms with Gasteiger partial charge in [-0.3, -0.25) is 0 Å². The highest BCUT2D eigenvalue weighted by Crippen LogP contribution is 2.20. The van der Waals surface area contributed by atoms with Crippen LogP contribution in [-0.2, 0) is 17.0 Å². The lowest BCUT2D eigenvalue weighted by molar-refractivity contribution is 0.202. The fourth-order valence-electron chi connectivity index (χ4n) is 1.62. The SMILES string of the molecule is COCCc1ccc(Oc2ccc(CCl)cn2)cc1. The first-order valence-corrected chi connectivity index (χ1v) is 6.62. The molecule has 0 aliphatic carbocycles. The molecule has 1 heterocycles. The van der Waals surface area contributed by atoms with Gasteiger partial charge in [-0.15, -0.1) is 11.6 Å². The quantitative estimate of drug-likeness (QED) is 0.753. The first-order chi connectivity index (χ1) is 9.31. The molecular weight excluding hydrogens is 262 g/mol. The van der Waals surface area contributed by atoms with E-state index in [0.29, 0.717) is 11.8 Å². The van der Waals surface area contributed by atoms with Gasteiger partial charge >= 0.3 is 0 Å². The van der Waals surface area contributed by atoms with Crippen molar-refractivity contribution in [1.82, 2.24) is 4.98 Å². The van der Waals surface area contributed by atoms with Crippen molar-refractivity contribution in [3.8, 4) is 11.6 Å². The molecule has 3 nitrogen and oxygen atoms in total. The van der Waals surface area contributed by atoms with Crippen LogP contribution >= 0.6 is 11.6 Å². The molecule has 1 aromatic heterocycles. The van der Waals surface area contributed by atoms with Gasteiger partial charge in [-0.25, -0.2) is 4.98 Å². The van der Waals surface area contributed by atoms with Crippen molar-refractivity contribution >= 4 is 11.6 Å². The van der Waals surface area contributed by atoms with Gasteiger partial charge in [0.15, 0.2) is 0 Å². The Morgan fingerprint density at radius 2 is 1.79 bits per heavy atom. The van der Waals surface area contributed by atoms with Gasteiger partial charge in [0.1, 0.15) is 5.75 Å². The van der Waals surface area contributed by atoms with Gasteiger partial charge in [-0.05, 0) is 29.7 Å². The standard InChI is InChI=1S/C15H16ClNO2/c1-18-9-8-12-2-5-14(6-3-12)19-15-7-4-13(10-16)11-17-15/h2-7,11H,8-10H2,1H3. The van der Waals surface area contributed by atoms with E-state index < -0.39 is 0 Å². The number of rotatable bonds is 6. The highest BCUT2D eigenvalue weighted by molar-refractivity contribution is 6.17. The maximum absolute atomic E-state index is 5.71. The van der Waals surface area contributed by atoms with Crippen molar-refractivity contribution in [3.05, 3.63) is 53.7 Å². The topological polar surface area (TPSA) is 31.4 Å². The number of benzene rings is 1. The fourth-order valence-corrected chi connectivity index (χ4v) is 1.77. The molecule has 0 spiro atoms. The summed E-state index contributed by atoms with van der Waals surface area (Å²) < 4.78 is 10.7. The molecule has 0 atom stereocenters. The lowest BCUT2D eigenvalue weighted by Crippen LogP contribution is -1.94. The van der Waals surface area contributed by atoms with E-state index in [-0.39, 0.29) is 0 Å². The second kappa shape index (κ2) is 7.12. The molecule has 0 aliphatic rings. The number of pyridine rings is 1. The largest absolute Gasteiger partial charge is 0.439 e. The van der Waals surface area contributed by atoms with Crippen molar-refractivity contribution < 1.29 is 9.47 Å². The molecule has 0 bridgehead atoms. The zero-order valence-electron chi connectivity index (χ0n) is 10.8. The van der Waals surface area contributed by atoms with E-state index in [4.69, 9.17) is 21.1 Å². The van der Waals surface area contributed by atoms with Crippen molar-refractivity contribution in [2.24, 2.45) is 0 Å². The minimum absolute atomic E-state index is 0.460. The number of ether oxygens (including phenoxy) is 2. The number of methoxy groups -OCH3 is 1. The number of halogens is 1. The van der Waals surface area contributed by atoms with Crippen molar-refractivity contribution in [2.75, 3.05) is 13.7 Å². The van der Waals surface area contributed by atoms with E-state index in [1.165, 1.54) is 5.56 Å². The zero-order chi connectivity index (χ0) is 13.5. The summed E-state index contributed by atoms with van der Waals surface area (Å²) in [5, 5.41) is 0. The summed E-state index contributed by atoms with van der Waals surface area (Å²) in [5.41, 5.74) is 2.20. The summed E-state index contributed by atoms with van der Waals surface area (Å²) in [7, 11) is 1.70. The number of alkyl halides is 1. The van der Waals surface area contributed by atoms with Gasteiger partial charge in [0.2, 0.25) is 5.88 Å². The zero-order valence-corrected chi connectivity index (χ0v) is 11.6. The van der Waals surface area contributed by atoms with Crippen LogP contribution in [0.2, 0.25) is 0 Å². The fraction of sp³-hybridized carbons (Fsp3) is 0.267. The first-order valence-electron chi connectivity index (χ1n) is 6.08. The highest BCUT2D eigenvalue weighted by Gasteiger charge is 2.00. The van der Waals surface area contributed by atoms with Gasteiger partial charge < -0.3 is 9.47 Å². The van der Waals surface area contributed by atoms with E-state index in [1.54, 1.807) is 13.3 Å². The molecule has 2 aromatic rings. The predicted octanol–water partition coefficient (Wildman–Crippen LogP) is 3.80. The summed E-state index contributed by atoms with van der Waals surface area (Å²) in [5.74, 6) is 1.80. The molecule has 0 N–H and O–H groups in total. The number of aromatic nitrogens is 1. The summed E-state index contributed by atoms with van der Waals surface area (Å²) >= 11 is 5.71. The maximum atomic E-state index is 5.71. The molecule has 1 aromatic carbocycles. The van der Waals surface area contributed by atoms with Gasteiger partial charge in [0, 0.05) is 25.3 Å². The Morgan fingerprint density at radius 1 is 1.05 bits per heavy atom. The Morgan fingerprint density at radius 3 is 2.37 bits per heavy atom. The lowest BCUT2D eigenvalue weighted by Gasteiger charge is -2.06. The van der Waals surface area contributed by atoms with E-state index in [2.05, 4.69) is 4.98 Å². The molecule has 0 saturated carbocycles. The van der Waals surface area contributed by atoms with Crippen LogP contribution in [0.15, 0.2) is 42.6 Å². The normalized spacial score (nSPS) is 10.4. The maximum Gasteiger partial charge on any atom is 0.219 e. The third kappa shape index (κ3) is 4.23. The molecule has 4 heteroatoms. The van der Waals surface area contributed by atoms with E-state index in [0.717, 1.165) is 24.3 Å². The van der Waals surface area contributed by atoms with Gasteiger partial charge in [0.05, 0.1) is 6.61 Å². The van der Waals surface area contributed by atoms with E-state index >= 15 is 0 Å². The summed E-state index contributed by atoms with van der Waals surface area (Å²) in [6.45, 7) is 0.724. The molecule has 2 rings (SSSR count). The smallest absolute Gasteiger partial charge is 0.219 e. The van der Waals surface area contributed by atoms with Crippen LogP contribution in [0.4, 0.5) is 0 Å². The van der Waals surface area contributed by atoms with Crippen molar-refractivity contribution in [3.63, 3.8) is 0 Å². The Bertz CT molecular complexity index is 497. The Labute approximate surface area is 118 Å². The average Bonchev–Trinajstić information content (AvgIpc) is 2.47. The molecule has 0 fully saturated rings. The van der Waals surface area contributed by atoms with E-state index in [9.17, 15) is 0 Å². The molecule has 19 heavy (non-hydrogen) atoms. The molecular formula is C15H16ClNO2. The molecule has 0 unspecified atom stereocenters. The summed E-state index contributed by atoms with van der Waals surface area (Å²) in [6.07, 6.45) is 2.62. The monoisotopic (exact) mass is 277 g/mol. The van der Waals surface area contributed by atoms with Crippen LogP contribution in [0.1, 0.15) is 11.1 Å². The number of hydrogen-bond donors (Lipinski definition) is 0. The van der Waals surface area contributed by atoms with Crippen molar-refractivity contribution in [1.29, 1.82) is 0 Å². The third-order valence-corrected chi connectivity index (χ3v) is 3.00. The Kier molecular flexibility index (Phi) is 5.19. The second-order valence-electron chi connectivity index (χ2n) is 4.13. The van der Waals surface area contributed by atoms with Crippen LogP contribution in [0.25, 0.3) is 0 Å². The highest BCUT2D eigenvalue weighted by atomic mass is 35.5. The second-order valence-corrected chi connectivity index (χ2v) is 4.39. The van der Waals surface area contributed by atoms with Crippen LogP contribution in [0, 0.1) is 0 Å². The van der Waals surface area contributed by atoms with Crippen molar-refractivity contribution in [2.45, 2.75) is 12.3 Å². The van der Waals surface area contributed by atoms with Crippen LogP contribution in [-0.4, -0.2) is 18.7 Å². The number of hydrogen-bond acceptors (Lipinski definition) is 3. The van der Waals surface area contributed by atoms with Crippen LogP contribution in [0.3, 0.4) is 0 Å². The molecule has 100 valence electrons. The average molecular weight is 278 g/mol. The minimum Gasteiger partial charge on any atom is -0.439 e. The summed E-state index contributed by atoms with van der Waals surface area (Å²) in [4.78, 5) is 4.19. The van der Waals surface area contributed by atoms with Gasteiger partial charge in [0.25, 0.3) is 0 Å². The van der Waals surface area contributed by atoms with Crippen LogP contribution < -0.4 is 4.74 Å². The van der Waals surface area contributed by atoms with E-state index in [1.807, 2.05) is 36.4 Å². The molecule has 0 radical (unpaired) electrons. The Hall–Kier alpha value is -1.58. The number of nitrogens with zero attached hydrogens (tertiary/aromatic N) is 1. The molecule has 0 saturated heterocycles. The Balaban J connectivity index is 1.98. The third-order valence-electron chi connectivity index (χ3n) is 2.69. The van der Waals surface area contributed by atoms with Gasteiger partial charge in [-0.1, -0.05) is 18.2 Å². The predicted molar refractivity (Wildman–Crippen MR) is 75.9 cm³/mol.